The molecule has 0 aromatic heterocycles. The third kappa shape index (κ3) is 2.52. The van der Waals surface area contributed by atoms with Crippen LogP contribution in [0.2, 0.25) is 0 Å². The fraction of sp³-hybridized carbons (Fsp3) is 0.176. The zero-order chi connectivity index (χ0) is 14.8. The summed E-state index contributed by atoms with van der Waals surface area (Å²) in [4.78, 5) is 23.8. The molecule has 0 amide bonds. The van der Waals surface area contributed by atoms with E-state index in [1.807, 2.05) is 42.5 Å². The number of hydrogen-bond acceptors (Lipinski definition) is 4. The van der Waals surface area contributed by atoms with Crippen LogP contribution in [0.25, 0.3) is 0 Å². The number of cyclic esters (lactones) is 1. The van der Waals surface area contributed by atoms with Crippen molar-refractivity contribution >= 4 is 17.4 Å². The first-order valence-corrected chi connectivity index (χ1v) is 6.79. The largest absolute Gasteiger partial charge is 0.448 e. The summed E-state index contributed by atoms with van der Waals surface area (Å²) in [5, 5.41) is 3.29. The van der Waals surface area contributed by atoms with Crippen LogP contribution >= 0.6 is 0 Å². The molecule has 3 rings (SSSR count). The van der Waals surface area contributed by atoms with Crippen LogP contribution in [0.4, 0.5) is 5.69 Å². The van der Waals surface area contributed by atoms with Gasteiger partial charge in [-0.1, -0.05) is 36.4 Å². The highest BCUT2D eigenvalue weighted by Gasteiger charge is 2.38. The molecule has 106 valence electrons. The van der Waals surface area contributed by atoms with Gasteiger partial charge in [0.25, 0.3) is 0 Å². The molecule has 21 heavy (non-hydrogen) atoms. The van der Waals surface area contributed by atoms with Gasteiger partial charge in [0.05, 0.1) is 11.6 Å². The van der Waals surface area contributed by atoms with Gasteiger partial charge >= 0.3 is 5.97 Å². The fourth-order valence-electron chi connectivity index (χ4n) is 2.55. The molecule has 1 heterocycles. The number of ether oxygens (including phenoxy) is 1. The zero-order valence-corrected chi connectivity index (χ0v) is 11.6. The van der Waals surface area contributed by atoms with Crippen molar-refractivity contribution in [1.82, 2.24) is 0 Å². The number of benzene rings is 2. The van der Waals surface area contributed by atoms with Gasteiger partial charge in [0, 0.05) is 5.69 Å². The number of anilines is 1. The Labute approximate surface area is 122 Å². The van der Waals surface area contributed by atoms with Crippen molar-refractivity contribution in [3.8, 4) is 0 Å². The predicted molar refractivity (Wildman–Crippen MR) is 79.1 cm³/mol. The number of Topliss-reactive ketones (excluding diaryl/α,β-unsaturated/α-hetero) is 1. The average molecular weight is 281 g/mol. The second-order valence-corrected chi connectivity index (χ2v) is 5.01. The molecule has 0 spiro atoms. The monoisotopic (exact) mass is 281 g/mol. The quantitative estimate of drug-likeness (QED) is 0.879. The minimum absolute atomic E-state index is 0.175. The Bertz CT molecular complexity index is 681. The molecule has 2 atom stereocenters. The Balaban J connectivity index is 2.03. The molecule has 0 unspecified atom stereocenters. The lowest BCUT2D eigenvalue weighted by molar-refractivity contribution is -0.126. The molecule has 0 saturated heterocycles. The number of hydrogen-bond donors (Lipinski definition) is 1. The summed E-state index contributed by atoms with van der Waals surface area (Å²) in [5.41, 5.74) is 2.17. The highest BCUT2D eigenvalue weighted by atomic mass is 16.5. The summed E-state index contributed by atoms with van der Waals surface area (Å²) in [6.07, 6.45) is -0.812. The summed E-state index contributed by atoms with van der Waals surface area (Å²) < 4.78 is 5.31. The van der Waals surface area contributed by atoms with Crippen LogP contribution in [0.1, 0.15) is 28.9 Å². The fourth-order valence-corrected chi connectivity index (χ4v) is 2.55. The molecule has 1 aliphatic rings. The molecule has 0 saturated carbocycles. The van der Waals surface area contributed by atoms with Gasteiger partial charge in [-0.2, -0.15) is 0 Å². The van der Waals surface area contributed by atoms with Crippen molar-refractivity contribution in [3.63, 3.8) is 0 Å². The van der Waals surface area contributed by atoms with Gasteiger partial charge in [-0.25, -0.2) is 4.79 Å². The maximum Gasteiger partial charge on any atom is 0.339 e. The molecule has 4 heteroatoms. The zero-order valence-electron chi connectivity index (χ0n) is 11.6. The van der Waals surface area contributed by atoms with E-state index in [0.29, 0.717) is 5.56 Å². The van der Waals surface area contributed by atoms with Crippen LogP contribution in [0.5, 0.6) is 0 Å². The Morgan fingerprint density at radius 3 is 2.43 bits per heavy atom. The second kappa shape index (κ2) is 5.40. The maximum atomic E-state index is 12.0. The lowest BCUT2D eigenvalue weighted by Gasteiger charge is -2.32. The van der Waals surface area contributed by atoms with Gasteiger partial charge in [0.1, 0.15) is 0 Å². The average Bonchev–Trinajstić information content (AvgIpc) is 2.51. The minimum Gasteiger partial charge on any atom is -0.448 e. The first-order valence-electron chi connectivity index (χ1n) is 6.79. The van der Waals surface area contributed by atoms with Gasteiger partial charge < -0.3 is 10.1 Å². The molecule has 0 aliphatic carbocycles. The lowest BCUT2D eigenvalue weighted by atomic mass is 9.91. The Hall–Kier alpha value is -2.62. The van der Waals surface area contributed by atoms with E-state index in [4.69, 9.17) is 4.74 Å². The number of rotatable bonds is 3. The van der Waals surface area contributed by atoms with Gasteiger partial charge in [0.15, 0.2) is 11.9 Å². The van der Waals surface area contributed by atoms with E-state index in [9.17, 15) is 9.59 Å². The number of nitrogens with one attached hydrogen (secondary N) is 1. The highest BCUT2D eigenvalue weighted by molar-refractivity contribution is 5.96. The van der Waals surface area contributed by atoms with E-state index in [1.54, 1.807) is 12.1 Å². The van der Waals surface area contributed by atoms with E-state index in [0.717, 1.165) is 11.3 Å². The molecule has 2 aromatic rings. The molecule has 1 N–H and O–H groups in total. The highest BCUT2D eigenvalue weighted by Crippen LogP contribution is 2.32. The number of ketones is 1. The normalized spacial score (nSPS) is 20.3. The van der Waals surface area contributed by atoms with Crippen LogP contribution < -0.4 is 5.32 Å². The van der Waals surface area contributed by atoms with Gasteiger partial charge in [-0.15, -0.1) is 0 Å². The molecule has 0 radical (unpaired) electrons. The van der Waals surface area contributed by atoms with Crippen molar-refractivity contribution in [1.29, 1.82) is 0 Å². The first kappa shape index (κ1) is 13.4. The SMILES string of the molecule is CC(=O)[C@H]1OC(=O)c2ccccc2[C@@H]1Nc1ccccc1. The summed E-state index contributed by atoms with van der Waals surface area (Å²) in [7, 11) is 0. The van der Waals surface area contributed by atoms with E-state index in [-0.39, 0.29) is 11.8 Å². The Morgan fingerprint density at radius 2 is 1.71 bits per heavy atom. The molecular formula is C17H15NO3. The van der Waals surface area contributed by atoms with Crippen molar-refractivity contribution in [2.24, 2.45) is 0 Å². The maximum absolute atomic E-state index is 12.0. The smallest absolute Gasteiger partial charge is 0.339 e. The lowest BCUT2D eigenvalue weighted by Crippen LogP contribution is -2.40. The standard InChI is InChI=1S/C17H15NO3/c1-11(19)16-15(18-12-7-3-2-4-8-12)13-9-5-6-10-14(13)17(20)21-16/h2-10,15-16,18H,1H3/t15-,16+/m0/s1. The number of carbonyl (C=O) groups is 2. The van der Waals surface area contributed by atoms with Crippen LogP contribution in [-0.4, -0.2) is 17.9 Å². The molecular weight excluding hydrogens is 266 g/mol. The van der Waals surface area contributed by atoms with Crippen LogP contribution in [0.3, 0.4) is 0 Å². The summed E-state index contributed by atoms with van der Waals surface area (Å²) >= 11 is 0. The Kier molecular flexibility index (Phi) is 3.44. The summed E-state index contributed by atoms with van der Waals surface area (Å²) in [5.74, 6) is -0.622. The molecule has 1 aliphatic heterocycles. The second-order valence-electron chi connectivity index (χ2n) is 5.01. The molecule has 4 nitrogen and oxygen atoms in total. The topological polar surface area (TPSA) is 55.4 Å². The molecule has 0 fully saturated rings. The van der Waals surface area contributed by atoms with Crippen LogP contribution in [-0.2, 0) is 9.53 Å². The van der Waals surface area contributed by atoms with Crippen molar-refractivity contribution in [2.75, 3.05) is 5.32 Å². The minimum atomic E-state index is -0.812. The van der Waals surface area contributed by atoms with Gasteiger partial charge in [0.2, 0.25) is 0 Å². The van der Waals surface area contributed by atoms with Crippen molar-refractivity contribution in [3.05, 3.63) is 65.7 Å². The number of fused-ring (bicyclic) bond motifs is 1. The third-order valence-electron chi connectivity index (χ3n) is 3.55. The van der Waals surface area contributed by atoms with Crippen LogP contribution in [0, 0.1) is 0 Å². The number of esters is 1. The predicted octanol–water partition coefficient (Wildman–Crippen LogP) is 2.97. The summed E-state index contributed by atoms with van der Waals surface area (Å²) in [6, 6.07) is 16.4. The Morgan fingerprint density at radius 1 is 1.05 bits per heavy atom. The van der Waals surface area contributed by atoms with E-state index >= 15 is 0 Å². The van der Waals surface area contributed by atoms with Crippen molar-refractivity contribution in [2.45, 2.75) is 19.1 Å². The summed E-state index contributed by atoms with van der Waals surface area (Å²) in [6.45, 7) is 1.44. The number of carbonyl (C=O) groups excluding carboxylic acids is 2. The van der Waals surface area contributed by atoms with E-state index in [1.165, 1.54) is 6.92 Å². The number of para-hydroxylation sites is 1. The van der Waals surface area contributed by atoms with E-state index in [2.05, 4.69) is 5.32 Å². The van der Waals surface area contributed by atoms with Gasteiger partial charge in [-0.3, -0.25) is 4.79 Å². The van der Waals surface area contributed by atoms with Crippen molar-refractivity contribution < 1.29 is 14.3 Å². The van der Waals surface area contributed by atoms with E-state index < -0.39 is 12.1 Å². The third-order valence-corrected chi connectivity index (χ3v) is 3.55. The molecule has 0 bridgehead atoms. The molecule has 2 aromatic carbocycles. The van der Waals surface area contributed by atoms with Gasteiger partial charge in [-0.05, 0) is 30.7 Å². The first-order chi connectivity index (χ1) is 10.2. The van der Waals surface area contributed by atoms with Crippen LogP contribution in [0.15, 0.2) is 54.6 Å².